The van der Waals surface area contributed by atoms with Crippen molar-refractivity contribution in [3.05, 3.63) is 91.9 Å². The number of pyridine rings is 1. The van der Waals surface area contributed by atoms with Gasteiger partial charge >= 0.3 is 0 Å². The molecule has 266 valence electrons. The molecule has 0 saturated carbocycles. The fraction of sp³-hybridized carbons (Fsp3) is 0.488. The highest BCUT2D eigenvalue weighted by Crippen LogP contribution is 2.39. The summed E-state index contributed by atoms with van der Waals surface area (Å²) >= 11 is 0. The zero-order chi connectivity index (χ0) is 36.3. The van der Waals surface area contributed by atoms with E-state index in [1.54, 1.807) is 44.6 Å². The number of aryl methyl sites for hydroxylation is 1. The van der Waals surface area contributed by atoms with Crippen LogP contribution >= 0.6 is 0 Å². The lowest BCUT2D eigenvalue weighted by molar-refractivity contribution is -0.129. The molecule has 1 saturated heterocycles. The SMILES string of the molecule is COc1cc(-c2cn(C)c(=O)c(C)c2C)cc(OC)c1CN1CCC(Cc2cccc3c2CCN(C(=O)C(C#N)=CC(C)(C)CF)C3C)CC1. The number of hydrogen-bond donors (Lipinski definition) is 0. The quantitative estimate of drug-likeness (QED) is 0.169. The number of ether oxygens (including phenoxy) is 2. The van der Waals surface area contributed by atoms with Crippen LogP contribution in [0.25, 0.3) is 11.1 Å². The number of nitriles is 1. The molecule has 5 rings (SSSR count). The van der Waals surface area contributed by atoms with Crippen molar-refractivity contribution in [2.75, 3.05) is 40.5 Å². The molecule has 2 aliphatic rings. The summed E-state index contributed by atoms with van der Waals surface area (Å²) in [4.78, 5) is 30.1. The first-order valence-electron chi connectivity index (χ1n) is 17.6. The number of rotatable bonds is 10. The highest BCUT2D eigenvalue weighted by atomic mass is 19.1. The highest BCUT2D eigenvalue weighted by Gasteiger charge is 2.32. The number of alkyl halides is 1. The van der Waals surface area contributed by atoms with E-state index < -0.39 is 12.1 Å². The van der Waals surface area contributed by atoms with Crippen molar-refractivity contribution >= 4 is 5.91 Å². The summed E-state index contributed by atoms with van der Waals surface area (Å²) in [7, 11) is 5.16. The van der Waals surface area contributed by atoms with Gasteiger partial charge in [0.2, 0.25) is 0 Å². The number of piperidine rings is 1. The van der Waals surface area contributed by atoms with Crippen molar-refractivity contribution in [1.82, 2.24) is 14.4 Å². The topological polar surface area (TPSA) is 87.8 Å². The Morgan fingerprint density at radius 2 is 1.74 bits per heavy atom. The maximum atomic E-state index is 13.5. The van der Waals surface area contributed by atoms with Crippen LogP contribution in [0, 0.1) is 36.5 Å². The standard InChI is InChI=1S/C41H51FN4O4/c1-26-27(2)39(47)44(6)23-35(26)31-19-37(49-7)36(38(20-31)50-8)24-45-15-12-29(13-16-45)18-30-10-9-11-33-28(3)46(17-14-34(30)33)40(48)32(22-43)21-41(4,5)25-42/h9-11,19-21,23,28-29H,12-18,24-25H2,1-8H3. The summed E-state index contributed by atoms with van der Waals surface area (Å²) < 4.78 is 26.9. The molecule has 1 atom stereocenters. The predicted molar refractivity (Wildman–Crippen MR) is 195 cm³/mol. The Balaban J connectivity index is 1.27. The largest absolute Gasteiger partial charge is 0.496 e. The van der Waals surface area contributed by atoms with Crippen molar-refractivity contribution in [2.24, 2.45) is 18.4 Å². The van der Waals surface area contributed by atoms with E-state index in [2.05, 4.69) is 23.1 Å². The normalized spacial score (nSPS) is 17.3. The average Bonchev–Trinajstić information content (AvgIpc) is 3.12. The predicted octanol–water partition coefficient (Wildman–Crippen LogP) is 7.03. The van der Waals surface area contributed by atoms with Gasteiger partial charge in [0.15, 0.2) is 0 Å². The summed E-state index contributed by atoms with van der Waals surface area (Å²) in [5, 5.41) is 9.72. The minimum atomic E-state index is -0.868. The van der Waals surface area contributed by atoms with E-state index >= 15 is 0 Å². The number of halogens is 1. The van der Waals surface area contributed by atoms with Gasteiger partial charge in [-0.15, -0.1) is 0 Å². The fourth-order valence-corrected chi connectivity index (χ4v) is 7.58. The third-order valence-corrected chi connectivity index (χ3v) is 10.8. The van der Waals surface area contributed by atoms with Gasteiger partial charge < -0.3 is 18.9 Å². The molecule has 0 bridgehead atoms. The minimum Gasteiger partial charge on any atom is -0.496 e. The van der Waals surface area contributed by atoms with E-state index in [0.717, 1.165) is 83.7 Å². The van der Waals surface area contributed by atoms with E-state index in [9.17, 15) is 19.2 Å². The molecule has 1 unspecified atom stereocenters. The van der Waals surface area contributed by atoms with Crippen molar-refractivity contribution in [1.29, 1.82) is 5.26 Å². The van der Waals surface area contributed by atoms with Crippen LogP contribution in [0.5, 0.6) is 11.5 Å². The van der Waals surface area contributed by atoms with Crippen LogP contribution in [-0.2, 0) is 31.2 Å². The third kappa shape index (κ3) is 7.51. The maximum Gasteiger partial charge on any atom is 0.264 e. The highest BCUT2D eigenvalue weighted by molar-refractivity contribution is 5.97. The lowest BCUT2D eigenvalue weighted by Crippen LogP contribution is -2.40. The van der Waals surface area contributed by atoms with Crippen LogP contribution in [0.4, 0.5) is 4.39 Å². The molecule has 8 nitrogen and oxygen atoms in total. The molecule has 0 radical (unpaired) electrons. The van der Waals surface area contributed by atoms with Crippen LogP contribution in [0.2, 0.25) is 0 Å². The molecular formula is C41H51FN4O4. The number of benzene rings is 2. The Bertz CT molecular complexity index is 1860. The molecule has 0 N–H and O–H groups in total. The first-order valence-corrected chi connectivity index (χ1v) is 17.6. The van der Waals surface area contributed by atoms with Gasteiger partial charge in [0.25, 0.3) is 11.5 Å². The van der Waals surface area contributed by atoms with Gasteiger partial charge in [-0.3, -0.25) is 18.9 Å². The van der Waals surface area contributed by atoms with Gasteiger partial charge in [0, 0.05) is 42.9 Å². The van der Waals surface area contributed by atoms with Gasteiger partial charge in [0.05, 0.1) is 32.5 Å². The second-order valence-corrected chi connectivity index (χ2v) is 14.7. The summed E-state index contributed by atoms with van der Waals surface area (Å²) in [5.74, 6) is 1.76. The van der Waals surface area contributed by atoms with Crippen molar-refractivity contribution in [3.8, 4) is 28.7 Å². The third-order valence-electron chi connectivity index (χ3n) is 10.8. The Morgan fingerprint density at radius 1 is 1.08 bits per heavy atom. The molecule has 0 spiro atoms. The number of methoxy groups -OCH3 is 2. The number of carbonyl (C=O) groups excluding carboxylic acids is 1. The molecule has 1 aromatic heterocycles. The molecule has 3 aromatic rings. The van der Waals surface area contributed by atoms with Gasteiger partial charge in [-0.05, 0) is 105 Å². The first kappa shape index (κ1) is 36.9. The van der Waals surface area contributed by atoms with Gasteiger partial charge in [0.1, 0.15) is 23.1 Å². The number of hydrogen-bond acceptors (Lipinski definition) is 6. The van der Waals surface area contributed by atoms with Gasteiger partial charge in [-0.1, -0.05) is 38.1 Å². The fourth-order valence-electron chi connectivity index (χ4n) is 7.58. The molecule has 3 heterocycles. The number of allylic oxidation sites excluding steroid dienone is 1. The molecular weight excluding hydrogens is 631 g/mol. The number of carbonyl (C=O) groups is 1. The van der Waals surface area contributed by atoms with Crippen LogP contribution in [0.1, 0.15) is 73.0 Å². The molecule has 9 heteroatoms. The molecule has 2 aliphatic heterocycles. The Hall–Kier alpha value is -4.42. The van der Waals surface area contributed by atoms with Gasteiger partial charge in [-0.2, -0.15) is 5.26 Å². The van der Waals surface area contributed by atoms with Crippen molar-refractivity contribution in [3.63, 3.8) is 0 Å². The van der Waals surface area contributed by atoms with E-state index in [-0.39, 0.29) is 23.1 Å². The first-order chi connectivity index (χ1) is 23.8. The van der Waals surface area contributed by atoms with E-state index in [1.807, 2.05) is 45.2 Å². The van der Waals surface area contributed by atoms with Crippen LogP contribution in [0.15, 0.2) is 53.0 Å². The monoisotopic (exact) mass is 682 g/mol. The Labute approximate surface area is 296 Å². The summed E-state index contributed by atoms with van der Waals surface area (Å²) in [6.07, 6.45) is 7.22. The molecule has 1 fully saturated rings. The zero-order valence-electron chi connectivity index (χ0n) is 30.9. The average molecular weight is 683 g/mol. The Morgan fingerprint density at radius 3 is 2.34 bits per heavy atom. The molecule has 50 heavy (non-hydrogen) atoms. The van der Waals surface area contributed by atoms with Crippen LogP contribution < -0.4 is 15.0 Å². The van der Waals surface area contributed by atoms with Crippen molar-refractivity contribution in [2.45, 2.75) is 72.9 Å². The second kappa shape index (κ2) is 15.2. The number of aromatic nitrogens is 1. The summed E-state index contributed by atoms with van der Waals surface area (Å²) in [6.45, 7) is 11.8. The van der Waals surface area contributed by atoms with E-state index in [4.69, 9.17) is 9.47 Å². The maximum absolute atomic E-state index is 13.5. The Kier molecular flexibility index (Phi) is 11.2. The van der Waals surface area contributed by atoms with Crippen molar-refractivity contribution < 1.29 is 18.7 Å². The second-order valence-electron chi connectivity index (χ2n) is 14.7. The molecule has 0 aliphatic carbocycles. The summed E-state index contributed by atoms with van der Waals surface area (Å²) in [6, 6.07) is 12.4. The van der Waals surface area contributed by atoms with Crippen LogP contribution in [0.3, 0.4) is 0 Å². The molecule has 2 aromatic carbocycles. The number of likely N-dealkylation sites (tertiary alicyclic amines) is 1. The minimum absolute atomic E-state index is 0.00451. The van der Waals surface area contributed by atoms with E-state index in [0.29, 0.717) is 19.0 Å². The smallest absolute Gasteiger partial charge is 0.264 e. The zero-order valence-corrected chi connectivity index (χ0v) is 30.9. The molecule has 1 amide bonds. The van der Waals surface area contributed by atoms with Crippen LogP contribution in [-0.4, -0.2) is 60.8 Å². The van der Waals surface area contributed by atoms with Gasteiger partial charge in [-0.25, -0.2) is 0 Å². The van der Waals surface area contributed by atoms with E-state index in [1.165, 1.54) is 17.2 Å². The summed E-state index contributed by atoms with van der Waals surface area (Å²) in [5.41, 5.74) is 7.57. The number of nitrogens with zero attached hydrogens (tertiary/aromatic N) is 4. The lowest BCUT2D eigenvalue weighted by atomic mass is 9.83. The number of fused-ring (bicyclic) bond motifs is 1. The number of amides is 1. The lowest BCUT2D eigenvalue weighted by Gasteiger charge is -2.37.